The average molecular weight is 393 g/mol. The Hall–Kier alpha value is -1.90. The molecule has 1 aromatic carbocycles. The van der Waals surface area contributed by atoms with Crippen LogP contribution >= 0.6 is 0 Å². The number of hydrogen-bond acceptors (Lipinski definition) is 5. The van der Waals surface area contributed by atoms with E-state index in [4.69, 9.17) is 0 Å². The lowest BCUT2D eigenvalue weighted by Crippen LogP contribution is -2.39. The smallest absolute Gasteiger partial charge is 0.243 e. The van der Waals surface area contributed by atoms with Gasteiger partial charge in [-0.05, 0) is 50.8 Å². The van der Waals surface area contributed by atoms with Crippen LogP contribution in [-0.2, 0) is 23.6 Å². The molecule has 2 N–H and O–H groups in total. The highest BCUT2D eigenvalue weighted by molar-refractivity contribution is 7.89. The molecule has 0 spiro atoms. The van der Waals surface area contributed by atoms with E-state index in [2.05, 4.69) is 10.4 Å². The van der Waals surface area contributed by atoms with Crippen molar-refractivity contribution >= 4 is 15.7 Å². The summed E-state index contributed by atoms with van der Waals surface area (Å²) in [5, 5.41) is 17.0. The first-order valence-corrected chi connectivity index (χ1v) is 10.7. The number of piperidine rings is 1. The first-order chi connectivity index (χ1) is 12.8. The van der Waals surface area contributed by atoms with Gasteiger partial charge >= 0.3 is 0 Å². The molecule has 0 amide bonds. The van der Waals surface area contributed by atoms with Gasteiger partial charge in [-0.1, -0.05) is 6.07 Å². The standard InChI is InChI=1S/C19H28N4O3S/c1-14-19(15(2)22(3)21-14)12-20-17-5-4-6-18(11-17)27(25,26)23-9-7-16(13-24)8-10-23/h4-6,11,16,20,24H,7-10,12-13H2,1-3H3. The van der Waals surface area contributed by atoms with Crippen LogP contribution in [0.5, 0.6) is 0 Å². The summed E-state index contributed by atoms with van der Waals surface area (Å²) in [5.74, 6) is 0.204. The van der Waals surface area contributed by atoms with Crippen molar-refractivity contribution in [3.05, 3.63) is 41.2 Å². The van der Waals surface area contributed by atoms with E-state index in [-0.39, 0.29) is 12.5 Å². The topological polar surface area (TPSA) is 87.5 Å². The quantitative estimate of drug-likeness (QED) is 0.786. The van der Waals surface area contributed by atoms with E-state index >= 15 is 0 Å². The number of nitrogens with one attached hydrogen (secondary N) is 1. The normalized spacial score (nSPS) is 16.6. The van der Waals surface area contributed by atoms with E-state index in [0.29, 0.717) is 37.4 Å². The zero-order valence-corrected chi connectivity index (χ0v) is 17.0. The third-order valence-electron chi connectivity index (χ3n) is 5.43. The fraction of sp³-hybridized carbons (Fsp3) is 0.526. The molecule has 0 atom stereocenters. The zero-order chi connectivity index (χ0) is 19.6. The van der Waals surface area contributed by atoms with E-state index in [1.165, 1.54) is 4.31 Å². The molecule has 1 aliphatic heterocycles. The number of sulfonamides is 1. The minimum absolute atomic E-state index is 0.125. The van der Waals surface area contributed by atoms with Gasteiger partial charge in [-0.2, -0.15) is 9.40 Å². The molecule has 1 aromatic heterocycles. The molecular formula is C19H28N4O3S. The fourth-order valence-electron chi connectivity index (χ4n) is 3.51. The molecule has 1 saturated heterocycles. The highest BCUT2D eigenvalue weighted by atomic mass is 32.2. The van der Waals surface area contributed by atoms with Crippen LogP contribution in [0.15, 0.2) is 29.2 Å². The summed E-state index contributed by atoms with van der Waals surface area (Å²) in [7, 11) is -1.60. The summed E-state index contributed by atoms with van der Waals surface area (Å²) in [6.07, 6.45) is 1.40. The second kappa shape index (κ2) is 8.00. The van der Waals surface area contributed by atoms with E-state index in [9.17, 15) is 13.5 Å². The highest BCUT2D eigenvalue weighted by Crippen LogP contribution is 2.25. The van der Waals surface area contributed by atoms with Crippen molar-refractivity contribution in [2.24, 2.45) is 13.0 Å². The van der Waals surface area contributed by atoms with Gasteiger partial charge in [0.2, 0.25) is 10.0 Å². The van der Waals surface area contributed by atoms with Crippen molar-refractivity contribution in [2.45, 2.75) is 38.1 Å². The maximum Gasteiger partial charge on any atom is 0.243 e. The van der Waals surface area contributed by atoms with Crippen molar-refractivity contribution in [3.63, 3.8) is 0 Å². The molecule has 8 heteroatoms. The monoisotopic (exact) mass is 392 g/mol. The molecule has 1 fully saturated rings. The van der Waals surface area contributed by atoms with E-state index in [0.717, 1.165) is 22.6 Å². The van der Waals surface area contributed by atoms with Crippen LogP contribution in [0.4, 0.5) is 5.69 Å². The second-order valence-corrected chi connectivity index (χ2v) is 9.12. The first-order valence-electron chi connectivity index (χ1n) is 9.27. The number of rotatable bonds is 6. The first kappa shape index (κ1) is 19.9. The van der Waals surface area contributed by atoms with E-state index < -0.39 is 10.0 Å². The largest absolute Gasteiger partial charge is 0.396 e. The van der Waals surface area contributed by atoms with Gasteiger partial charge < -0.3 is 10.4 Å². The summed E-state index contributed by atoms with van der Waals surface area (Å²) < 4.78 is 29.3. The molecule has 0 saturated carbocycles. The summed E-state index contributed by atoms with van der Waals surface area (Å²) >= 11 is 0. The van der Waals surface area contributed by atoms with Crippen LogP contribution in [0.3, 0.4) is 0 Å². The van der Waals surface area contributed by atoms with Gasteiger partial charge in [-0.25, -0.2) is 8.42 Å². The van der Waals surface area contributed by atoms with E-state index in [1.54, 1.807) is 18.2 Å². The van der Waals surface area contributed by atoms with Gasteiger partial charge in [-0.3, -0.25) is 4.68 Å². The predicted molar refractivity (Wildman–Crippen MR) is 105 cm³/mol. The molecule has 2 aromatic rings. The summed E-state index contributed by atoms with van der Waals surface area (Å²) in [6.45, 7) is 5.63. The third-order valence-corrected chi connectivity index (χ3v) is 7.33. The lowest BCUT2D eigenvalue weighted by molar-refractivity contribution is 0.170. The van der Waals surface area contributed by atoms with Crippen molar-refractivity contribution in [3.8, 4) is 0 Å². The molecule has 1 aliphatic rings. The van der Waals surface area contributed by atoms with Gasteiger partial charge in [0, 0.05) is 50.2 Å². The highest BCUT2D eigenvalue weighted by Gasteiger charge is 2.29. The van der Waals surface area contributed by atoms with Crippen molar-refractivity contribution in [2.75, 3.05) is 25.0 Å². The Morgan fingerprint density at radius 2 is 1.96 bits per heavy atom. The molecular weight excluding hydrogens is 364 g/mol. The predicted octanol–water partition coefficient (Wildman–Crippen LogP) is 2.04. The second-order valence-electron chi connectivity index (χ2n) is 7.18. The Bertz CT molecular complexity index is 900. The van der Waals surface area contributed by atoms with Crippen LogP contribution in [0.25, 0.3) is 0 Å². The maximum atomic E-state index is 12.9. The molecule has 148 valence electrons. The van der Waals surface area contributed by atoms with Gasteiger partial charge in [0.15, 0.2) is 0 Å². The Balaban J connectivity index is 1.73. The van der Waals surface area contributed by atoms with Crippen molar-refractivity contribution < 1.29 is 13.5 Å². The number of anilines is 1. The maximum absolute atomic E-state index is 12.9. The number of hydrogen-bond donors (Lipinski definition) is 2. The van der Waals surface area contributed by atoms with Crippen molar-refractivity contribution in [1.29, 1.82) is 0 Å². The van der Waals surface area contributed by atoms with Gasteiger partial charge in [0.1, 0.15) is 0 Å². The lowest BCUT2D eigenvalue weighted by atomic mass is 10.00. The van der Waals surface area contributed by atoms with Gasteiger partial charge in [-0.15, -0.1) is 0 Å². The molecule has 0 radical (unpaired) electrons. The minimum Gasteiger partial charge on any atom is -0.396 e. The summed E-state index contributed by atoms with van der Waals surface area (Å²) in [4.78, 5) is 0.301. The van der Waals surface area contributed by atoms with Crippen LogP contribution in [0.2, 0.25) is 0 Å². The number of aliphatic hydroxyl groups is 1. The molecule has 0 bridgehead atoms. The Labute approximate surface area is 161 Å². The number of aryl methyl sites for hydroxylation is 2. The molecule has 2 heterocycles. The van der Waals surface area contributed by atoms with Crippen LogP contribution in [0, 0.1) is 19.8 Å². The zero-order valence-electron chi connectivity index (χ0n) is 16.1. The van der Waals surface area contributed by atoms with Crippen LogP contribution in [0.1, 0.15) is 29.8 Å². The van der Waals surface area contributed by atoms with E-state index in [1.807, 2.05) is 31.6 Å². The molecule has 27 heavy (non-hydrogen) atoms. The van der Waals surface area contributed by atoms with Crippen LogP contribution < -0.4 is 5.32 Å². The molecule has 0 unspecified atom stereocenters. The third kappa shape index (κ3) is 4.17. The SMILES string of the molecule is Cc1nn(C)c(C)c1CNc1cccc(S(=O)(=O)N2CCC(CO)CC2)c1. The van der Waals surface area contributed by atoms with Gasteiger partial charge in [0.05, 0.1) is 10.6 Å². The Morgan fingerprint density at radius 3 is 2.56 bits per heavy atom. The summed E-state index contributed by atoms with van der Waals surface area (Å²) in [6, 6.07) is 6.96. The molecule has 0 aliphatic carbocycles. The molecule has 7 nitrogen and oxygen atoms in total. The number of aliphatic hydroxyl groups excluding tert-OH is 1. The van der Waals surface area contributed by atoms with Gasteiger partial charge in [0.25, 0.3) is 0 Å². The molecule has 3 rings (SSSR count). The van der Waals surface area contributed by atoms with Crippen LogP contribution in [-0.4, -0.2) is 47.3 Å². The number of benzene rings is 1. The Morgan fingerprint density at radius 1 is 1.26 bits per heavy atom. The summed E-state index contributed by atoms with van der Waals surface area (Å²) in [5.41, 5.74) is 3.95. The number of aromatic nitrogens is 2. The average Bonchev–Trinajstić information content (AvgIpc) is 2.92. The Kier molecular flexibility index (Phi) is 5.88. The lowest BCUT2D eigenvalue weighted by Gasteiger charge is -2.30. The van der Waals surface area contributed by atoms with Crippen molar-refractivity contribution in [1.82, 2.24) is 14.1 Å². The fourth-order valence-corrected chi connectivity index (χ4v) is 5.03. The number of nitrogens with zero attached hydrogens (tertiary/aromatic N) is 3. The minimum atomic E-state index is -3.52.